The van der Waals surface area contributed by atoms with Crippen LogP contribution in [-0.4, -0.2) is 19.6 Å². The predicted molar refractivity (Wildman–Crippen MR) is 90.6 cm³/mol. The third-order valence-electron chi connectivity index (χ3n) is 3.72. The normalized spacial score (nSPS) is 10.9. The van der Waals surface area contributed by atoms with Gasteiger partial charge in [-0.25, -0.2) is 13.9 Å². The SMILES string of the molecule is Cc1nn2ccccc2c1-c1cncc(Nc2ccc(F)cc2)n1. The number of benzene rings is 1. The van der Waals surface area contributed by atoms with Gasteiger partial charge in [0.2, 0.25) is 0 Å². The molecule has 1 N–H and O–H groups in total. The highest BCUT2D eigenvalue weighted by Gasteiger charge is 2.13. The largest absolute Gasteiger partial charge is 0.339 e. The number of fused-ring (bicyclic) bond motifs is 1. The summed E-state index contributed by atoms with van der Waals surface area (Å²) >= 11 is 0. The van der Waals surface area contributed by atoms with Crippen LogP contribution in [0.25, 0.3) is 16.8 Å². The molecule has 4 rings (SSSR count). The Labute approximate surface area is 137 Å². The van der Waals surface area contributed by atoms with Gasteiger partial charge in [0, 0.05) is 11.9 Å². The molecule has 0 atom stereocenters. The van der Waals surface area contributed by atoms with Gasteiger partial charge < -0.3 is 5.32 Å². The number of nitrogens with one attached hydrogen (secondary N) is 1. The van der Waals surface area contributed by atoms with Crippen LogP contribution in [0.3, 0.4) is 0 Å². The van der Waals surface area contributed by atoms with E-state index < -0.39 is 0 Å². The monoisotopic (exact) mass is 319 g/mol. The molecule has 3 heterocycles. The van der Waals surface area contributed by atoms with E-state index in [1.807, 2.05) is 35.8 Å². The lowest BCUT2D eigenvalue weighted by molar-refractivity contribution is 0.628. The van der Waals surface area contributed by atoms with E-state index in [4.69, 9.17) is 0 Å². The van der Waals surface area contributed by atoms with E-state index in [1.54, 1.807) is 24.5 Å². The zero-order valence-electron chi connectivity index (χ0n) is 12.9. The number of aromatic nitrogens is 4. The molecule has 0 saturated carbocycles. The van der Waals surface area contributed by atoms with Crippen molar-refractivity contribution in [2.24, 2.45) is 0 Å². The number of pyridine rings is 1. The molecule has 0 aliphatic carbocycles. The van der Waals surface area contributed by atoms with Crippen LogP contribution in [-0.2, 0) is 0 Å². The molecule has 0 aliphatic heterocycles. The van der Waals surface area contributed by atoms with Crippen LogP contribution in [0.15, 0.2) is 61.1 Å². The maximum absolute atomic E-state index is 13.0. The fourth-order valence-electron chi connectivity index (χ4n) is 2.66. The molecular formula is C18H14FN5. The molecule has 0 aliphatic rings. The standard InChI is InChI=1S/C18H14FN5/c1-12-18(16-4-2-3-9-24(16)23-12)15-10-20-11-17(22-15)21-14-7-5-13(19)6-8-14/h2-11H,1H3,(H,21,22). The number of nitrogens with zero attached hydrogens (tertiary/aromatic N) is 4. The van der Waals surface area contributed by atoms with Crippen LogP contribution >= 0.6 is 0 Å². The average molecular weight is 319 g/mol. The Morgan fingerprint density at radius 1 is 1.04 bits per heavy atom. The molecular weight excluding hydrogens is 305 g/mol. The lowest BCUT2D eigenvalue weighted by Crippen LogP contribution is -1.96. The van der Waals surface area contributed by atoms with Crippen LogP contribution in [0.4, 0.5) is 15.9 Å². The number of anilines is 2. The minimum Gasteiger partial charge on any atom is -0.339 e. The lowest BCUT2D eigenvalue weighted by Gasteiger charge is -2.07. The van der Waals surface area contributed by atoms with Crippen molar-refractivity contribution >= 4 is 17.0 Å². The van der Waals surface area contributed by atoms with Crippen molar-refractivity contribution in [3.8, 4) is 11.3 Å². The van der Waals surface area contributed by atoms with Gasteiger partial charge in [0.25, 0.3) is 0 Å². The molecule has 0 bridgehead atoms. The second-order valence-corrected chi connectivity index (χ2v) is 5.41. The summed E-state index contributed by atoms with van der Waals surface area (Å²) in [5.74, 6) is 0.316. The second kappa shape index (κ2) is 5.73. The third-order valence-corrected chi connectivity index (χ3v) is 3.72. The van der Waals surface area contributed by atoms with Gasteiger partial charge in [0.15, 0.2) is 0 Å². The van der Waals surface area contributed by atoms with Crippen LogP contribution in [0, 0.1) is 12.7 Å². The third kappa shape index (κ3) is 2.58. The van der Waals surface area contributed by atoms with Gasteiger partial charge in [-0.1, -0.05) is 6.07 Å². The number of hydrogen-bond acceptors (Lipinski definition) is 4. The molecule has 118 valence electrons. The molecule has 6 heteroatoms. The molecule has 0 amide bonds. The van der Waals surface area contributed by atoms with Crippen molar-refractivity contribution in [1.29, 1.82) is 0 Å². The smallest absolute Gasteiger partial charge is 0.149 e. The molecule has 3 aromatic heterocycles. The summed E-state index contributed by atoms with van der Waals surface area (Å²) in [5.41, 5.74) is 4.30. The van der Waals surface area contributed by atoms with Gasteiger partial charge in [-0.3, -0.25) is 4.98 Å². The Hall–Kier alpha value is -3.28. The Balaban J connectivity index is 1.74. The van der Waals surface area contributed by atoms with Crippen LogP contribution in [0.2, 0.25) is 0 Å². The molecule has 5 nitrogen and oxygen atoms in total. The number of aryl methyl sites for hydroxylation is 1. The van der Waals surface area contributed by atoms with E-state index in [-0.39, 0.29) is 5.82 Å². The van der Waals surface area contributed by atoms with Crippen LogP contribution in [0.5, 0.6) is 0 Å². The van der Waals surface area contributed by atoms with E-state index in [2.05, 4.69) is 20.4 Å². The number of rotatable bonds is 3. The van der Waals surface area contributed by atoms with E-state index in [9.17, 15) is 4.39 Å². The first kappa shape index (κ1) is 14.3. The average Bonchev–Trinajstić information content (AvgIpc) is 2.93. The van der Waals surface area contributed by atoms with E-state index in [1.165, 1.54) is 12.1 Å². The molecule has 1 aromatic carbocycles. The molecule has 4 aromatic rings. The Morgan fingerprint density at radius 3 is 2.71 bits per heavy atom. The molecule has 0 unspecified atom stereocenters. The highest BCUT2D eigenvalue weighted by molar-refractivity contribution is 5.80. The van der Waals surface area contributed by atoms with Crippen molar-refractivity contribution < 1.29 is 4.39 Å². The maximum Gasteiger partial charge on any atom is 0.149 e. The summed E-state index contributed by atoms with van der Waals surface area (Å²) in [7, 11) is 0. The fraction of sp³-hybridized carbons (Fsp3) is 0.0556. The Bertz CT molecular complexity index is 1010. The zero-order chi connectivity index (χ0) is 16.5. The molecule has 0 radical (unpaired) electrons. The maximum atomic E-state index is 13.0. The molecule has 0 spiro atoms. The van der Waals surface area contributed by atoms with Crippen molar-refractivity contribution in [2.75, 3.05) is 5.32 Å². The minimum absolute atomic E-state index is 0.276. The molecule has 0 saturated heterocycles. The molecule has 24 heavy (non-hydrogen) atoms. The first-order valence-corrected chi connectivity index (χ1v) is 7.50. The highest BCUT2D eigenvalue weighted by Crippen LogP contribution is 2.27. The van der Waals surface area contributed by atoms with Crippen molar-refractivity contribution in [2.45, 2.75) is 6.92 Å². The van der Waals surface area contributed by atoms with Crippen molar-refractivity contribution in [1.82, 2.24) is 19.6 Å². The topological polar surface area (TPSA) is 55.1 Å². The summed E-state index contributed by atoms with van der Waals surface area (Å²) < 4.78 is 14.8. The minimum atomic E-state index is -0.276. The summed E-state index contributed by atoms with van der Waals surface area (Å²) in [6.07, 6.45) is 5.25. The number of hydrogen-bond donors (Lipinski definition) is 1. The van der Waals surface area contributed by atoms with Gasteiger partial charge in [0.1, 0.15) is 11.6 Å². The van der Waals surface area contributed by atoms with Gasteiger partial charge in [-0.15, -0.1) is 0 Å². The van der Waals surface area contributed by atoms with Crippen LogP contribution in [0.1, 0.15) is 5.69 Å². The van der Waals surface area contributed by atoms with E-state index >= 15 is 0 Å². The number of halogens is 1. The zero-order valence-corrected chi connectivity index (χ0v) is 12.9. The van der Waals surface area contributed by atoms with Crippen molar-refractivity contribution in [3.63, 3.8) is 0 Å². The van der Waals surface area contributed by atoms with Gasteiger partial charge >= 0.3 is 0 Å². The Kier molecular flexibility index (Phi) is 3.42. The summed E-state index contributed by atoms with van der Waals surface area (Å²) in [6.45, 7) is 1.95. The first-order valence-electron chi connectivity index (χ1n) is 7.50. The first-order chi connectivity index (χ1) is 11.7. The van der Waals surface area contributed by atoms with E-state index in [0.717, 1.165) is 28.2 Å². The highest BCUT2D eigenvalue weighted by atomic mass is 19.1. The molecule has 0 fully saturated rings. The second-order valence-electron chi connectivity index (χ2n) is 5.41. The van der Waals surface area contributed by atoms with Crippen LogP contribution < -0.4 is 5.32 Å². The van der Waals surface area contributed by atoms with Gasteiger partial charge in [0.05, 0.1) is 34.9 Å². The quantitative estimate of drug-likeness (QED) is 0.620. The predicted octanol–water partition coefficient (Wildman–Crippen LogP) is 3.98. The Morgan fingerprint density at radius 2 is 1.88 bits per heavy atom. The van der Waals surface area contributed by atoms with E-state index in [0.29, 0.717) is 5.82 Å². The summed E-state index contributed by atoms with van der Waals surface area (Å²) in [6, 6.07) is 12.0. The summed E-state index contributed by atoms with van der Waals surface area (Å²) in [5, 5.41) is 7.63. The fourth-order valence-corrected chi connectivity index (χ4v) is 2.66. The lowest BCUT2D eigenvalue weighted by atomic mass is 10.1. The van der Waals surface area contributed by atoms with Gasteiger partial charge in [-0.2, -0.15) is 5.10 Å². The van der Waals surface area contributed by atoms with Gasteiger partial charge in [-0.05, 0) is 43.3 Å². The summed E-state index contributed by atoms with van der Waals surface area (Å²) in [4.78, 5) is 8.89. The van der Waals surface area contributed by atoms with Crippen molar-refractivity contribution in [3.05, 3.63) is 72.6 Å².